The van der Waals surface area contributed by atoms with Crippen molar-refractivity contribution in [1.29, 1.82) is 0 Å². The van der Waals surface area contributed by atoms with Gasteiger partial charge in [-0.25, -0.2) is 0 Å². The molecule has 2 rings (SSSR count). The third kappa shape index (κ3) is 3.74. The summed E-state index contributed by atoms with van der Waals surface area (Å²) in [5, 5.41) is 0. The number of benzene rings is 2. The molecule has 0 aliphatic rings. The fourth-order valence-electron chi connectivity index (χ4n) is 2.06. The summed E-state index contributed by atoms with van der Waals surface area (Å²) in [4.78, 5) is 2.23. The zero-order valence-corrected chi connectivity index (χ0v) is 13.5. The Morgan fingerprint density at radius 3 is 2.42 bits per heavy atom. The smallest absolute Gasteiger partial charge is 0.0494 e. The van der Waals surface area contributed by atoms with Gasteiger partial charge >= 0.3 is 0 Å². The van der Waals surface area contributed by atoms with E-state index in [2.05, 4.69) is 71.2 Å². The van der Waals surface area contributed by atoms with Crippen molar-refractivity contribution in [3.63, 3.8) is 0 Å². The van der Waals surface area contributed by atoms with Crippen LogP contribution in [-0.2, 0) is 12.4 Å². The van der Waals surface area contributed by atoms with E-state index in [-0.39, 0.29) is 0 Å². The summed E-state index contributed by atoms with van der Waals surface area (Å²) < 4.78 is 1.08. The second-order valence-corrected chi connectivity index (χ2v) is 5.93. The molecule has 0 unspecified atom stereocenters. The van der Waals surface area contributed by atoms with Gasteiger partial charge in [-0.2, -0.15) is 0 Å². The summed E-state index contributed by atoms with van der Waals surface area (Å²) in [6, 6.07) is 14.8. The van der Waals surface area contributed by atoms with Gasteiger partial charge in [0.25, 0.3) is 0 Å². The van der Waals surface area contributed by atoms with Crippen molar-refractivity contribution in [3.8, 4) is 0 Å². The summed E-state index contributed by atoms with van der Waals surface area (Å²) in [5.41, 5.74) is 4.91. The third-order valence-electron chi connectivity index (χ3n) is 3.14. The average molecular weight is 339 g/mol. The monoisotopic (exact) mass is 337 g/mol. The van der Waals surface area contributed by atoms with Crippen molar-refractivity contribution in [2.45, 2.75) is 19.3 Å². The summed E-state index contributed by atoms with van der Waals surface area (Å²) in [6.45, 7) is 2.98. The van der Waals surface area contributed by atoms with E-state index in [1.807, 2.05) is 6.07 Å². The Labute approximate surface area is 128 Å². The normalized spacial score (nSPS) is 10.5. The maximum Gasteiger partial charge on any atom is 0.0494 e. The molecule has 2 aromatic carbocycles. The molecule has 0 amide bonds. The number of hydrogen-bond donors (Lipinski definition) is 0. The van der Waals surface area contributed by atoms with Crippen LogP contribution in [0, 0.1) is 6.92 Å². The van der Waals surface area contributed by atoms with Crippen LogP contribution < -0.4 is 4.90 Å². The number of aryl methyl sites for hydroxylation is 1. The van der Waals surface area contributed by atoms with E-state index in [9.17, 15) is 0 Å². The molecule has 0 spiro atoms. The molecule has 100 valence electrons. The van der Waals surface area contributed by atoms with Crippen LogP contribution in [0.1, 0.15) is 16.7 Å². The Bertz CT molecular complexity index is 551. The minimum Gasteiger partial charge on any atom is -0.370 e. The van der Waals surface area contributed by atoms with Crippen LogP contribution in [0.3, 0.4) is 0 Å². The molecule has 0 fully saturated rings. The third-order valence-corrected chi connectivity index (χ3v) is 3.92. The summed E-state index contributed by atoms with van der Waals surface area (Å²) >= 11 is 9.53. The van der Waals surface area contributed by atoms with Gasteiger partial charge in [-0.3, -0.25) is 0 Å². The Balaban J connectivity index is 2.21. The SMILES string of the molecule is Cc1ccc(CN(C)c2cc(Br)ccc2CCl)cc1. The second kappa shape index (κ2) is 6.44. The lowest BCUT2D eigenvalue weighted by Crippen LogP contribution is -2.17. The number of alkyl halides is 1. The molecule has 0 atom stereocenters. The first kappa shape index (κ1) is 14.4. The van der Waals surface area contributed by atoms with E-state index >= 15 is 0 Å². The molecule has 0 saturated carbocycles. The summed E-state index contributed by atoms with van der Waals surface area (Å²) in [7, 11) is 2.09. The van der Waals surface area contributed by atoms with Crippen LogP contribution in [-0.4, -0.2) is 7.05 Å². The largest absolute Gasteiger partial charge is 0.370 e. The number of nitrogens with zero attached hydrogens (tertiary/aromatic N) is 1. The Morgan fingerprint density at radius 1 is 1.11 bits per heavy atom. The minimum atomic E-state index is 0.529. The van der Waals surface area contributed by atoms with Gasteiger partial charge in [0.1, 0.15) is 0 Å². The van der Waals surface area contributed by atoms with Crippen molar-refractivity contribution in [2.24, 2.45) is 0 Å². The maximum atomic E-state index is 6.01. The summed E-state index contributed by atoms with van der Waals surface area (Å²) in [6.07, 6.45) is 0. The first-order chi connectivity index (χ1) is 9.10. The second-order valence-electron chi connectivity index (χ2n) is 4.75. The van der Waals surface area contributed by atoms with E-state index in [1.54, 1.807) is 0 Å². The van der Waals surface area contributed by atoms with E-state index in [0.29, 0.717) is 5.88 Å². The van der Waals surface area contributed by atoms with Crippen LogP contribution >= 0.6 is 27.5 Å². The predicted octanol–water partition coefficient (Wildman–Crippen LogP) is 5.13. The predicted molar refractivity (Wildman–Crippen MR) is 87.0 cm³/mol. The highest BCUT2D eigenvalue weighted by Gasteiger charge is 2.08. The molecule has 0 saturated heterocycles. The molecule has 0 N–H and O–H groups in total. The number of halogens is 2. The lowest BCUT2D eigenvalue weighted by Gasteiger charge is -2.22. The van der Waals surface area contributed by atoms with Gasteiger partial charge in [0.2, 0.25) is 0 Å². The molecule has 3 heteroatoms. The van der Waals surface area contributed by atoms with Gasteiger partial charge in [0, 0.05) is 29.6 Å². The van der Waals surface area contributed by atoms with E-state index in [0.717, 1.165) is 16.6 Å². The van der Waals surface area contributed by atoms with Crippen molar-refractivity contribution in [3.05, 3.63) is 63.6 Å². The molecule has 0 heterocycles. The molecule has 0 aliphatic heterocycles. The van der Waals surface area contributed by atoms with Crippen molar-refractivity contribution in [1.82, 2.24) is 0 Å². The molecule has 0 bridgehead atoms. The van der Waals surface area contributed by atoms with Gasteiger partial charge < -0.3 is 4.90 Å². The average Bonchev–Trinajstić information content (AvgIpc) is 2.41. The zero-order valence-electron chi connectivity index (χ0n) is 11.2. The number of hydrogen-bond acceptors (Lipinski definition) is 1. The number of rotatable bonds is 4. The molecule has 0 radical (unpaired) electrons. The molecule has 2 aromatic rings. The maximum absolute atomic E-state index is 6.01. The quantitative estimate of drug-likeness (QED) is 0.698. The van der Waals surface area contributed by atoms with Crippen molar-refractivity contribution < 1.29 is 0 Å². The van der Waals surface area contributed by atoms with Gasteiger partial charge in [0.05, 0.1) is 0 Å². The van der Waals surface area contributed by atoms with E-state index in [1.165, 1.54) is 16.8 Å². The Kier molecular flexibility index (Phi) is 4.89. The van der Waals surface area contributed by atoms with Gasteiger partial charge in [-0.1, -0.05) is 51.8 Å². The van der Waals surface area contributed by atoms with Crippen LogP contribution in [0.25, 0.3) is 0 Å². The highest BCUT2D eigenvalue weighted by atomic mass is 79.9. The Hall–Kier alpha value is -0.990. The zero-order chi connectivity index (χ0) is 13.8. The van der Waals surface area contributed by atoms with Crippen LogP contribution in [0.2, 0.25) is 0 Å². The topological polar surface area (TPSA) is 3.24 Å². The van der Waals surface area contributed by atoms with Crippen LogP contribution in [0.4, 0.5) is 5.69 Å². The fraction of sp³-hybridized carbons (Fsp3) is 0.250. The molecule has 0 aliphatic carbocycles. The highest BCUT2D eigenvalue weighted by Crippen LogP contribution is 2.26. The standard InChI is InChI=1S/C16H17BrClN/c1-12-3-5-13(6-4-12)11-19(2)16-9-15(17)8-7-14(16)10-18/h3-9H,10-11H2,1-2H3. The van der Waals surface area contributed by atoms with Crippen molar-refractivity contribution >= 4 is 33.2 Å². The van der Waals surface area contributed by atoms with Crippen LogP contribution in [0.15, 0.2) is 46.9 Å². The van der Waals surface area contributed by atoms with Crippen molar-refractivity contribution in [2.75, 3.05) is 11.9 Å². The van der Waals surface area contributed by atoms with Crippen LogP contribution in [0.5, 0.6) is 0 Å². The molecule has 1 nitrogen and oxygen atoms in total. The van der Waals surface area contributed by atoms with E-state index in [4.69, 9.17) is 11.6 Å². The lowest BCUT2D eigenvalue weighted by molar-refractivity contribution is 0.914. The molecular weight excluding hydrogens is 322 g/mol. The van der Waals surface area contributed by atoms with Gasteiger partial charge in [0.15, 0.2) is 0 Å². The minimum absolute atomic E-state index is 0.529. The molecule has 0 aromatic heterocycles. The number of anilines is 1. The highest BCUT2D eigenvalue weighted by molar-refractivity contribution is 9.10. The molecular formula is C16H17BrClN. The molecule has 19 heavy (non-hydrogen) atoms. The lowest BCUT2D eigenvalue weighted by atomic mass is 10.1. The van der Waals surface area contributed by atoms with Gasteiger partial charge in [-0.05, 0) is 30.2 Å². The first-order valence-electron chi connectivity index (χ1n) is 6.21. The Morgan fingerprint density at radius 2 is 1.79 bits per heavy atom. The summed E-state index contributed by atoms with van der Waals surface area (Å²) in [5.74, 6) is 0.529. The first-order valence-corrected chi connectivity index (χ1v) is 7.54. The fourth-order valence-corrected chi connectivity index (χ4v) is 2.63. The van der Waals surface area contributed by atoms with E-state index < -0.39 is 0 Å². The van der Waals surface area contributed by atoms with Gasteiger partial charge in [-0.15, -0.1) is 11.6 Å².